The molecule has 1 heterocycles. The first-order chi connectivity index (χ1) is 7.16. The highest BCUT2D eigenvalue weighted by Gasteiger charge is 2.03. The Bertz CT molecular complexity index is 460. The minimum atomic E-state index is -0.443. The largest absolute Gasteiger partial charge is 0.389 e. The summed E-state index contributed by atoms with van der Waals surface area (Å²) in [5.74, 6) is 0. The molecular formula is C12H14N2O. The third kappa shape index (κ3) is 2.07. The Morgan fingerprint density at radius 2 is 2.20 bits per heavy atom. The van der Waals surface area contributed by atoms with Gasteiger partial charge in [0.1, 0.15) is 0 Å². The quantitative estimate of drug-likeness (QED) is 0.811. The van der Waals surface area contributed by atoms with Crippen molar-refractivity contribution in [3.63, 3.8) is 0 Å². The highest BCUT2D eigenvalue weighted by Crippen LogP contribution is 2.16. The van der Waals surface area contributed by atoms with E-state index in [4.69, 9.17) is 0 Å². The van der Waals surface area contributed by atoms with Gasteiger partial charge in [-0.05, 0) is 37.1 Å². The van der Waals surface area contributed by atoms with E-state index < -0.39 is 6.10 Å². The number of aliphatic hydroxyl groups is 1. The van der Waals surface area contributed by atoms with Gasteiger partial charge < -0.3 is 5.11 Å². The molecule has 1 unspecified atom stereocenters. The maximum atomic E-state index is 9.47. The Morgan fingerprint density at radius 3 is 2.80 bits per heavy atom. The van der Waals surface area contributed by atoms with Crippen LogP contribution >= 0.6 is 0 Å². The van der Waals surface area contributed by atoms with Crippen LogP contribution in [0.2, 0.25) is 0 Å². The summed E-state index contributed by atoms with van der Waals surface area (Å²) in [5.41, 5.74) is 3.00. The maximum absolute atomic E-state index is 9.47. The topological polar surface area (TPSA) is 38.0 Å². The first-order valence-corrected chi connectivity index (χ1v) is 4.96. The minimum Gasteiger partial charge on any atom is -0.389 e. The van der Waals surface area contributed by atoms with Crippen molar-refractivity contribution in [1.29, 1.82) is 0 Å². The predicted octanol–water partition coefficient (Wildman–Crippen LogP) is 2.23. The Morgan fingerprint density at radius 1 is 1.40 bits per heavy atom. The second kappa shape index (κ2) is 3.87. The fraction of sp³-hybridized carbons (Fsp3) is 0.250. The molecule has 3 heteroatoms. The molecule has 1 aromatic carbocycles. The van der Waals surface area contributed by atoms with E-state index in [1.165, 1.54) is 0 Å². The van der Waals surface area contributed by atoms with Gasteiger partial charge in [-0.1, -0.05) is 12.1 Å². The van der Waals surface area contributed by atoms with Gasteiger partial charge in [0, 0.05) is 6.20 Å². The molecule has 0 fully saturated rings. The Labute approximate surface area is 89.0 Å². The third-order valence-electron chi connectivity index (χ3n) is 2.33. The Balaban J connectivity index is 2.41. The van der Waals surface area contributed by atoms with E-state index in [-0.39, 0.29) is 0 Å². The lowest BCUT2D eigenvalue weighted by molar-refractivity contribution is 0.199. The van der Waals surface area contributed by atoms with Crippen LogP contribution in [-0.2, 0) is 0 Å². The summed E-state index contributed by atoms with van der Waals surface area (Å²) in [6, 6.07) is 7.74. The van der Waals surface area contributed by atoms with Crippen molar-refractivity contribution in [2.24, 2.45) is 0 Å². The molecule has 0 aliphatic rings. The molecule has 2 aromatic rings. The molecule has 0 saturated heterocycles. The number of hydrogen-bond donors (Lipinski definition) is 1. The van der Waals surface area contributed by atoms with E-state index in [1.807, 2.05) is 43.6 Å². The molecular weight excluding hydrogens is 188 g/mol. The first-order valence-electron chi connectivity index (χ1n) is 4.96. The van der Waals surface area contributed by atoms with E-state index in [2.05, 4.69) is 5.10 Å². The van der Waals surface area contributed by atoms with Crippen molar-refractivity contribution < 1.29 is 5.11 Å². The van der Waals surface area contributed by atoms with Crippen LogP contribution in [-0.4, -0.2) is 14.9 Å². The van der Waals surface area contributed by atoms with Crippen molar-refractivity contribution in [3.8, 4) is 5.69 Å². The molecule has 0 aliphatic heterocycles. The number of hydrogen-bond acceptors (Lipinski definition) is 2. The third-order valence-corrected chi connectivity index (χ3v) is 2.33. The zero-order valence-corrected chi connectivity index (χ0v) is 8.88. The monoisotopic (exact) mass is 202 g/mol. The van der Waals surface area contributed by atoms with Gasteiger partial charge in [-0.15, -0.1) is 0 Å². The van der Waals surface area contributed by atoms with Gasteiger partial charge in [0.2, 0.25) is 0 Å². The standard InChI is InChI=1S/C12H14N2O/c1-9-7-13-14(8-9)12-5-3-4-11(6-12)10(2)15/h3-8,10,15H,1-2H3. The average molecular weight is 202 g/mol. The van der Waals surface area contributed by atoms with E-state index in [9.17, 15) is 5.11 Å². The van der Waals surface area contributed by atoms with Crippen LogP contribution in [0.15, 0.2) is 36.7 Å². The molecule has 78 valence electrons. The van der Waals surface area contributed by atoms with E-state index in [1.54, 1.807) is 11.6 Å². The van der Waals surface area contributed by atoms with Gasteiger partial charge in [-0.25, -0.2) is 4.68 Å². The maximum Gasteiger partial charge on any atom is 0.0762 e. The molecule has 3 nitrogen and oxygen atoms in total. The zero-order valence-electron chi connectivity index (χ0n) is 8.88. The summed E-state index contributed by atoms with van der Waals surface area (Å²) in [7, 11) is 0. The molecule has 0 amide bonds. The molecule has 2 rings (SSSR count). The summed E-state index contributed by atoms with van der Waals surface area (Å²) in [5, 5.41) is 13.7. The van der Waals surface area contributed by atoms with E-state index in [0.29, 0.717) is 0 Å². The molecule has 1 N–H and O–H groups in total. The number of nitrogens with zero attached hydrogens (tertiary/aromatic N) is 2. The highest BCUT2D eigenvalue weighted by molar-refractivity contribution is 5.36. The van der Waals surface area contributed by atoms with Crippen LogP contribution in [0.25, 0.3) is 5.69 Å². The van der Waals surface area contributed by atoms with Crippen molar-refractivity contribution in [2.75, 3.05) is 0 Å². The SMILES string of the molecule is Cc1cnn(-c2cccc(C(C)O)c2)c1. The Kier molecular flexibility index (Phi) is 2.56. The molecule has 0 radical (unpaired) electrons. The summed E-state index contributed by atoms with van der Waals surface area (Å²) in [6.45, 7) is 3.76. The molecule has 0 spiro atoms. The lowest BCUT2D eigenvalue weighted by Gasteiger charge is -2.07. The highest BCUT2D eigenvalue weighted by atomic mass is 16.3. The molecule has 0 saturated carbocycles. The second-order valence-electron chi connectivity index (χ2n) is 3.73. The first kappa shape index (κ1) is 9.93. The summed E-state index contributed by atoms with van der Waals surface area (Å²) in [6.07, 6.45) is 3.33. The molecule has 0 bridgehead atoms. The number of aryl methyl sites for hydroxylation is 1. The van der Waals surface area contributed by atoms with Crippen LogP contribution in [0, 0.1) is 6.92 Å². The molecule has 0 aliphatic carbocycles. The molecule has 1 atom stereocenters. The lowest BCUT2D eigenvalue weighted by atomic mass is 10.1. The average Bonchev–Trinajstić information content (AvgIpc) is 2.65. The summed E-state index contributed by atoms with van der Waals surface area (Å²) < 4.78 is 1.81. The number of rotatable bonds is 2. The van der Waals surface area contributed by atoms with Gasteiger partial charge in [-0.3, -0.25) is 0 Å². The van der Waals surface area contributed by atoms with Crippen molar-refractivity contribution in [1.82, 2.24) is 9.78 Å². The van der Waals surface area contributed by atoms with Crippen LogP contribution in [0.4, 0.5) is 0 Å². The van der Waals surface area contributed by atoms with Crippen LogP contribution in [0.1, 0.15) is 24.2 Å². The second-order valence-corrected chi connectivity index (χ2v) is 3.73. The predicted molar refractivity (Wildman–Crippen MR) is 58.9 cm³/mol. The van der Waals surface area contributed by atoms with Crippen molar-refractivity contribution in [3.05, 3.63) is 47.8 Å². The fourth-order valence-corrected chi connectivity index (χ4v) is 1.48. The Hall–Kier alpha value is -1.61. The smallest absolute Gasteiger partial charge is 0.0762 e. The van der Waals surface area contributed by atoms with E-state index >= 15 is 0 Å². The van der Waals surface area contributed by atoms with Gasteiger partial charge in [0.05, 0.1) is 18.0 Å². The number of aromatic nitrogens is 2. The van der Waals surface area contributed by atoms with Gasteiger partial charge in [0.25, 0.3) is 0 Å². The van der Waals surface area contributed by atoms with Crippen LogP contribution < -0.4 is 0 Å². The van der Waals surface area contributed by atoms with Crippen LogP contribution in [0.5, 0.6) is 0 Å². The molecule has 15 heavy (non-hydrogen) atoms. The summed E-state index contributed by atoms with van der Waals surface area (Å²) in [4.78, 5) is 0. The summed E-state index contributed by atoms with van der Waals surface area (Å²) >= 11 is 0. The van der Waals surface area contributed by atoms with Gasteiger partial charge in [-0.2, -0.15) is 5.10 Å². The lowest BCUT2D eigenvalue weighted by Crippen LogP contribution is -1.97. The van der Waals surface area contributed by atoms with E-state index in [0.717, 1.165) is 16.8 Å². The van der Waals surface area contributed by atoms with Gasteiger partial charge >= 0.3 is 0 Å². The van der Waals surface area contributed by atoms with Gasteiger partial charge in [0.15, 0.2) is 0 Å². The normalized spacial score (nSPS) is 12.7. The molecule has 1 aromatic heterocycles. The number of aliphatic hydroxyl groups excluding tert-OH is 1. The fourth-order valence-electron chi connectivity index (χ4n) is 1.48. The number of benzene rings is 1. The van der Waals surface area contributed by atoms with Crippen molar-refractivity contribution >= 4 is 0 Å². The van der Waals surface area contributed by atoms with Crippen LogP contribution in [0.3, 0.4) is 0 Å². The zero-order chi connectivity index (χ0) is 10.8. The minimum absolute atomic E-state index is 0.443. The van der Waals surface area contributed by atoms with Crippen molar-refractivity contribution in [2.45, 2.75) is 20.0 Å².